The summed E-state index contributed by atoms with van der Waals surface area (Å²) in [5.74, 6) is 1.80. The molecule has 1 heteroatoms. The average molecular weight is 217 g/mol. The van der Waals surface area contributed by atoms with Gasteiger partial charge >= 0.3 is 0 Å². The number of aryl methyl sites for hydroxylation is 1. The van der Waals surface area contributed by atoms with Gasteiger partial charge in [0.25, 0.3) is 0 Å². The minimum Gasteiger partial charge on any atom is -0.319 e. The standard InChI is InChI=1S/C15H23N/c1-12-6-8-13(9-7-12)10-15(11-16-2)14-4-3-5-14/h6-9,14-16H,3-5,10-11H2,1-2H3. The van der Waals surface area contributed by atoms with Crippen LogP contribution in [0.1, 0.15) is 30.4 Å². The first kappa shape index (κ1) is 11.7. The summed E-state index contributed by atoms with van der Waals surface area (Å²) in [7, 11) is 2.07. The topological polar surface area (TPSA) is 12.0 Å². The van der Waals surface area contributed by atoms with Crippen LogP contribution in [-0.2, 0) is 6.42 Å². The van der Waals surface area contributed by atoms with Gasteiger partial charge in [-0.15, -0.1) is 0 Å². The number of hydrogen-bond acceptors (Lipinski definition) is 1. The molecule has 1 aliphatic carbocycles. The molecule has 88 valence electrons. The zero-order chi connectivity index (χ0) is 11.4. The summed E-state index contributed by atoms with van der Waals surface area (Å²) in [5, 5.41) is 3.35. The van der Waals surface area contributed by atoms with Crippen LogP contribution in [0.15, 0.2) is 24.3 Å². The predicted octanol–water partition coefficient (Wildman–Crippen LogP) is 3.17. The molecule has 2 rings (SSSR count). The molecule has 1 aromatic carbocycles. The molecule has 0 bridgehead atoms. The molecule has 0 amide bonds. The van der Waals surface area contributed by atoms with Gasteiger partial charge in [-0.2, -0.15) is 0 Å². The summed E-state index contributed by atoms with van der Waals surface area (Å²) in [6.07, 6.45) is 5.57. The van der Waals surface area contributed by atoms with Crippen LogP contribution in [0.25, 0.3) is 0 Å². The van der Waals surface area contributed by atoms with E-state index in [1.807, 2.05) is 0 Å². The highest BCUT2D eigenvalue weighted by Gasteiger charge is 2.26. The van der Waals surface area contributed by atoms with Crippen LogP contribution in [0.2, 0.25) is 0 Å². The normalized spacial score (nSPS) is 18.1. The van der Waals surface area contributed by atoms with Crippen LogP contribution in [0.4, 0.5) is 0 Å². The second-order valence-electron chi connectivity index (χ2n) is 5.20. The van der Waals surface area contributed by atoms with Gasteiger partial charge < -0.3 is 5.32 Å². The van der Waals surface area contributed by atoms with Crippen LogP contribution >= 0.6 is 0 Å². The van der Waals surface area contributed by atoms with Crippen molar-refractivity contribution in [2.24, 2.45) is 11.8 Å². The molecule has 1 aromatic rings. The third-order valence-corrected chi connectivity index (χ3v) is 3.90. The molecule has 1 saturated carbocycles. The van der Waals surface area contributed by atoms with Crippen LogP contribution in [0.3, 0.4) is 0 Å². The molecule has 0 heterocycles. The van der Waals surface area contributed by atoms with Crippen molar-refractivity contribution in [1.82, 2.24) is 5.32 Å². The summed E-state index contributed by atoms with van der Waals surface area (Å²) < 4.78 is 0. The molecule has 0 radical (unpaired) electrons. The molecule has 1 unspecified atom stereocenters. The number of benzene rings is 1. The van der Waals surface area contributed by atoms with Crippen LogP contribution in [0.5, 0.6) is 0 Å². The van der Waals surface area contributed by atoms with E-state index in [1.54, 1.807) is 0 Å². The lowest BCUT2D eigenvalue weighted by atomic mass is 9.73. The Kier molecular flexibility index (Phi) is 4.00. The first-order valence-corrected chi connectivity index (χ1v) is 6.49. The molecule has 1 nitrogen and oxygen atoms in total. The fraction of sp³-hybridized carbons (Fsp3) is 0.600. The van der Waals surface area contributed by atoms with E-state index in [4.69, 9.17) is 0 Å². The van der Waals surface area contributed by atoms with E-state index in [1.165, 1.54) is 43.4 Å². The van der Waals surface area contributed by atoms with E-state index in [0.29, 0.717) is 0 Å². The molecular weight excluding hydrogens is 194 g/mol. The van der Waals surface area contributed by atoms with Crippen molar-refractivity contribution < 1.29 is 0 Å². The first-order chi connectivity index (χ1) is 7.79. The SMILES string of the molecule is CNCC(Cc1ccc(C)cc1)C1CCC1. The molecule has 0 aliphatic heterocycles. The third kappa shape index (κ3) is 2.85. The first-order valence-electron chi connectivity index (χ1n) is 6.49. The highest BCUT2D eigenvalue weighted by Crippen LogP contribution is 2.34. The maximum atomic E-state index is 3.35. The minimum atomic E-state index is 0.835. The van der Waals surface area contributed by atoms with Crippen molar-refractivity contribution in [2.75, 3.05) is 13.6 Å². The van der Waals surface area contributed by atoms with Gasteiger partial charge in [-0.05, 0) is 44.3 Å². The van der Waals surface area contributed by atoms with Gasteiger partial charge in [-0.25, -0.2) is 0 Å². The number of hydrogen-bond donors (Lipinski definition) is 1. The average Bonchev–Trinajstić information content (AvgIpc) is 2.19. The summed E-state index contributed by atoms with van der Waals surface area (Å²) in [4.78, 5) is 0. The van der Waals surface area contributed by atoms with Crippen LogP contribution in [-0.4, -0.2) is 13.6 Å². The van der Waals surface area contributed by atoms with Gasteiger partial charge in [0.2, 0.25) is 0 Å². The molecule has 1 fully saturated rings. The van der Waals surface area contributed by atoms with Crippen LogP contribution < -0.4 is 5.32 Å². The van der Waals surface area contributed by atoms with E-state index >= 15 is 0 Å². The Hall–Kier alpha value is -0.820. The second-order valence-corrected chi connectivity index (χ2v) is 5.20. The van der Waals surface area contributed by atoms with E-state index in [0.717, 1.165) is 11.8 Å². The molecule has 1 aliphatic rings. The van der Waals surface area contributed by atoms with Crippen molar-refractivity contribution in [2.45, 2.75) is 32.6 Å². The van der Waals surface area contributed by atoms with E-state index < -0.39 is 0 Å². The molecular formula is C15H23N. The zero-order valence-electron chi connectivity index (χ0n) is 10.5. The van der Waals surface area contributed by atoms with Crippen LogP contribution in [0, 0.1) is 18.8 Å². The van der Waals surface area contributed by atoms with Gasteiger partial charge in [0, 0.05) is 0 Å². The predicted molar refractivity (Wildman–Crippen MR) is 69.6 cm³/mol. The number of nitrogens with one attached hydrogen (secondary N) is 1. The summed E-state index contributed by atoms with van der Waals surface area (Å²) >= 11 is 0. The fourth-order valence-corrected chi connectivity index (χ4v) is 2.61. The second kappa shape index (κ2) is 5.49. The Morgan fingerprint density at radius 2 is 1.94 bits per heavy atom. The van der Waals surface area contributed by atoms with Gasteiger partial charge in [-0.1, -0.05) is 49.1 Å². The van der Waals surface area contributed by atoms with E-state index in [-0.39, 0.29) is 0 Å². The highest BCUT2D eigenvalue weighted by molar-refractivity contribution is 5.21. The van der Waals surface area contributed by atoms with Gasteiger partial charge in [-0.3, -0.25) is 0 Å². The van der Waals surface area contributed by atoms with E-state index in [2.05, 4.69) is 43.6 Å². The fourth-order valence-electron chi connectivity index (χ4n) is 2.61. The Morgan fingerprint density at radius 1 is 1.25 bits per heavy atom. The Morgan fingerprint density at radius 3 is 2.44 bits per heavy atom. The van der Waals surface area contributed by atoms with Gasteiger partial charge in [0.1, 0.15) is 0 Å². The van der Waals surface area contributed by atoms with Gasteiger partial charge in [0.05, 0.1) is 0 Å². The molecule has 0 aromatic heterocycles. The molecule has 16 heavy (non-hydrogen) atoms. The number of rotatable bonds is 5. The third-order valence-electron chi connectivity index (χ3n) is 3.90. The van der Waals surface area contributed by atoms with E-state index in [9.17, 15) is 0 Å². The minimum absolute atomic E-state index is 0.835. The maximum absolute atomic E-state index is 3.35. The Balaban J connectivity index is 1.96. The lowest BCUT2D eigenvalue weighted by Gasteiger charge is -2.34. The lowest BCUT2D eigenvalue weighted by molar-refractivity contribution is 0.202. The van der Waals surface area contributed by atoms with Crippen molar-refractivity contribution in [1.29, 1.82) is 0 Å². The van der Waals surface area contributed by atoms with Gasteiger partial charge in [0.15, 0.2) is 0 Å². The maximum Gasteiger partial charge on any atom is -0.00177 e. The summed E-state index contributed by atoms with van der Waals surface area (Å²) in [6, 6.07) is 9.03. The lowest BCUT2D eigenvalue weighted by Crippen LogP contribution is -2.31. The highest BCUT2D eigenvalue weighted by atomic mass is 14.8. The molecule has 1 N–H and O–H groups in total. The van der Waals surface area contributed by atoms with Crippen molar-refractivity contribution in [3.63, 3.8) is 0 Å². The Bertz CT molecular complexity index is 311. The molecule has 1 atom stereocenters. The quantitative estimate of drug-likeness (QED) is 0.799. The molecule has 0 saturated heterocycles. The van der Waals surface area contributed by atoms with Crippen molar-refractivity contribution in [3.8, 4) is 0 Å². The largest absolute Gasteiger partial charge is 0.319 e. The summed E-state index contributed by atoms with van der Waals surface area (Å²) in [6.45, 7) is 3.32. The summed E-state index contributed by atoms with van der Waals surface area (Å²) in [5.41, 5.74) is 2.86. The monoisotopic (exact) mass is 217 g/mol. The zero-order valence-corrected chi connectivity index (χ0v) is 10.5. The smallest absolute Gasteiger partial charge is 0.00177 e. The molecule has 0 spiro atoms. The van der Waals surface area contributed by atoms with Crippen molar-refractivity contribution in [3.05, 3.63) is 35.4 Å². The van der Waals surface area contributed by atoms with Crippen molar-refractivity contribution >= 4 is 0 Å². The Labute approximate surface area is 99.3 Å².